The third-order valence-corrected chi connectivity index (χ3v) is 1.79. The molecular formula is C9H19NO2. The van der Waals surface area contributed by atoms with Crippen molar-refractivity contribution in [2.45, 2.75) is 39.7 Å². The molecule has 72 valence electrons. The summed E-state index contributed by atoms with van der Waals surface area (Å²) in [6.45, 7) is 6.88. The van der Waals surface area contributed by atoms with E-state index < -0.39 is 0 Å². The molecule has 3 nitrogen and oxygen atoms in total. The Morgan fingerprint density at radius 2 is 2.08 bits per heavy atom. The van der Waals surface area contributed by atoms with Gasteiger partial charge in [0.15, 0.2) is 0 Å². The molecule has 0 atom stereocenters. The highest BCUT2D eigenvalue weighted by atomic mass is 16.5. The number of hydrogen-bond acceptors (Lipinski definition) is 2. The monoisotopic (exact) mass is 173 g/mol. The third kappa shape index (κ3) is 3.60. The lowest BCUT2D eigenvalue weighted by Crippen LogP contribution is -2.37. The summed E-state index contributed by atoms with van der Waals surface area (Å²) in [5.41, 5.74) is 0. The average molecular weight is 173 g/mol. The van der Waals surface area contributed by atoms with Gasteiger partial charge in [-0.15, -0.1) is 0 Å². The van der Waals surface area contributed by atoms with Gasteiger partial charge in [0.2, 0.25) is 0 Å². The van der Waals surface area contributed by atoms with Crippen LogP contribution in [0.1, 0.15) is 33.6 Å². The summed E-state index contributed by atoms with van der Waals surface area (Å²) in [6.07, 6.45) is 1.91. The Labute approximate surface area is 74.7 Å². The van der Waals surface area contributed by atoms with Gasteiger partial charge in [0.25, 0.3) is 0 Å². The predicted molar refractivity (Wildman–Crippen MR) is 49.2 cm³/mol. The molecule has 0 rings (SSSR count). The second-order valence-corrected chi connectivity index (χ2v) is 3.11. The van der Waals surface area contributed by atoms with Crippen LogP contribution < -0.4 is 0 Å². The van der Waals surface area contributed by atoms with Crippen molar-refractivity contribution < 1.29 is 9.53 Å². The van der Waals surface area contributed by atoms with E-state index in [4.69, 9.17) is 0 Å². The smallest absolute Gasteiger partial charge is 0.409 e. The van der Waals surface area contributed by atoms with Gasteiger partial charge in [0, 0.05) is 12.6 Å². The van der Waals surface area contributed by atoms with Crippen molar-refractivity contribution in [2.75, 3.05) is 13.7 Å². The summed E-state index contributed by atoms with van der Waals surface area (Å²) < 4.78 is 4.66. The largest absolute Gasteiger partial charge is 0.453 e. The van der Waals surface area contributed by atoms with Crippen molar-refractivity contribution in [3.8, 4) is 0 Å². The molecule has 12 heavy (non-hydrogen) atoms. The molecule has 0 saturated carbocycles. The topological polar surface area (TPSA) is 29.5 Å². The van der Waals surface area contributed by atoms with E-state index in [1.165, 1.54) is 7.11 Å². The molecule has 0 heterocycles. The minimum Gasteiger partial charge on any atom is -0.453 e. The van der Waals surface area contributed by atoms with E-state index in [9.17, 15) is 4.79 Å². The van der Waals surface area contributed by atoms with Crippen LogP contribution in [-0.2, 0) is 4.74 Å². The molecule has 1 amide bonds. The molecule has 0 aromatic carbocycles. The standard InChI is InChI=1S/C9H19NO2/c1-5-6-7-10(8(2)3)9(11)12-4/h8H,5-7H2,1-4H3. The van der Waals surface area contributed by atoms with Crippen LogP contribution in [0.15, 0.2) is 0 Å². The zero-order valence-electron chi connectivity index (χ0n) is 8.46. The number of carbonyl (C=O) groups excluding carboxylic acids is 1. The van der Waals surface area contributed by atoms with Gasteiger partial charge in [-0.2, -0.15) is 0 Å². The van der Waals surface area contributed by atoms with Crippen molar-refractivity contribution in [1.29, 1.82) is 0 Å². The quantitative estimate of drug-likeness (QED) is 0.652. The van der Waals surface area contributed by atoms with Crippen LogP contribution in [-0.4, -0.2) is 30.7 Å². The first-order valence-corrected chi connectivity index (χ1v) is 4.48. The van der Waals surface area contributed by atoms with E-state index >= 15 is 0 Å². The number of carbonyl (C=O) groups is 1. The minimum absolute atomic E-state index is 0.224. The number of rotatable bonds is 4. The van der Waals surface area contributed by atoms with Crippen LogP contribution in [0.4, 0.5) is 4.79 Å². The lowest BCUT2D eigenvalue weighted by atomic mass is 10.3. The highest BCUT2D eigenvalue weighted by Crippen LogP contribution is 2.03. The summed E-state index contributed by atoms with van der Waals surface area (Å²) in [7, 11) is 1.42. The SMILES string of the molecule is CCCCN(C(=O)OC)C(C)C. The second kappa shape index (κ2) is 5.86. The molecule has 0 bridgehead atoms. The third-order valence-electron chi connectivity index (χ3n) is 1.79. The van der Waals surface area contributed by atoms with Gasteiger partial charge in [0.05, 0.1) is 7.11 Å². The molecular weight excluding hydrogens is 154 g/mol. The maximum atomic E-state index is 11.2. The number of unbranched alkanes of at least 4 members (excludes halogenated alkanes) is 1. The molecule has 0 aliphatic carbocycles. The lowest BCUT2D eigenvalue weighted by Gasteiger charge is -2.24. The van der Waals surface area contributed by atoms with Crippen LogP contribution in [0.3, 0.4) is 0 Å². The molecule has 0 spiro atoms. The van der Waals surface area contributed by atoms with Crippen LogP contribution in [0.5, 0.6) is 0 Å². The number of methoxy groups -OCH3 is 1. The maximum Gasteiger partial charge on any atom is 0.409 e. The van der Waals surface area contributed by atoms with Crippen molar-refractivity contribution in [3.63, 3.8) is 0 Å². The van der Waals surface area contributed by atoms with Gasteiger partial charge in [-0.05, 0) is 20.3 Å². The molecule has 0 unspecified atom stereocenters. The molecule has 0 aliphatic heterocycles. The lowest BCUT2D eigenvalue weighted by molar-refractivity contribution is 0.111. The molecule has 0 fully saturated rings. The zero-order chi connectivity index (χ0) is 9.56. The van der Waals surface area contributed by atoms with E-state index in [1.807, 2.05) is 13.8 Å². The van der Waals surface area contributed by atoms with Crippen molar-refractivity contribution in [3.05, 3.63) is 0 Å². The Morgan fingerprint density at radius 3 is 2.42 bits per heavy atom. The summed E-state index contributed by atoms with van der Waals surface area (Å²) in [5, 5.41) is 0. The predicted octanol–water partition coefficient (Wildman–Crippen LogP) is 2.26. The fourth-order valence-corrected chi connectivity index (χ4v) is 1.01. The van der Waals surface area contributed by atoms with E-state index in [0.29, 0.717) is 0 Å². The van der Waals surface area contributed by atoms with Crippen LogP contribution >= 0.6 is 0 Å². The van der Waals surface area contributed by atoms with E-state index in [-0.39, 0.29) is 12.1 Å². The Kier molecular flexibility index (Phi) is 5.51. The summed E-state index contributed by atoms with van der Waals surface area (Å²) in [5.74, 6) is 0. The number of hydrogen-bond donors (Lipinski definition) is 0. The number of ether oxygens (including phenoxy) is 1. The highest BCUT2D eigenvalue weighted by molar-refractivity contribution is 5.67. The van der Waals surface area contributed by atoms with Gasteiger partial charge in [-0.3, -0.25) is 0 Å². The van der Waals surface area contributed by atoms with Crippen molar-refractivity contribution in [2.24, 2.45) is 0 Å². The molecule has 0 aliphatic rings. The van der Waals surface area contributed by atoms with Gasteiger partial charge in [-0.25, -0.2) is 4.79 Å². The van der Waals surface area contributed by atoms with Gasteiger partial charge >= 0.3 is 6.09 Å². The normalized spacial score (nSPS) is 10.1. The summed E-state index contributed by atoms with van der Waals surface area (Å²) in [6, 6.07) is 0.226. The molecule has 0 aromatic rings. The van der Waals surface area contributed by atoms with Crippen LogP contribution in [0, 0.1) is 0 Å². The fraction of sp³-hybridized carbons (Fsp3) is 0.889. The van der Waals surface area contributed by atoms with Gasteiger partial charge < -0.3 is 9.64 Å². The average Bonchev–Trinajstić information content (AvgIpc) is 2.04. The first-order valence-electron chi connectivity index (χ1n) is 4.48. The Hall–Kier alpha value is -0.730. The van der Waals surface area contributed by atoms with E-state index in [0.717, 1.165) is 19.4 Å². The van der Waals surface area contributed by atoms with Crippen molar-refractivity contribution in [1.82, 2.24) is 4.90 Å². The number of nitrogens with zero attached hydrogens (tertiary/aromatic N) is 1. The summed E-state index contributed by atoms with van der Waals surface area (Å²) in [4.78, 5) is 12.9. The summed E-state index contributed by atoms with van der Waals surface area (Å²) >= 11 is 0. The molecule has 0 aromatic heterocycles. The van der Waals surface area contributed by atoms with E-state index in [2.05, 4.69) is 11.7 Å². The van der Waals surface area contributed by atoms with E-state index in [1.54, 1.807) is 4.90 Å². The molecule has 3 heteroatoms. The number of amides is 1. The van der Waals surface area contributed by atoms with Gasteiger partial charge in [-0.1, -0.05) is 13.3 Å². The molecule has 0 saturated heterocycles. The fourth-order valence-electron chi connectivity index (χ4n) is 1.01. The van der Waals surface area contributed by atoms with Crippen molar-refractivity contribution >= 4 is 6.09 Å². The van der Waals surface area contributed by atoms with Gasteiger partial charge in [0.1, 0.15) is 0 Å². The first-order chi connectivity index (χ1) is 5.63. The zero-order valence-corrected chi connectivity index (χ0v) is 8.46. The minimum atomic E-state index is -0.224. The maximum absolute atomic E-state index is 11.2. The second-order valence-electron chi connectivity index (χ2n) is 3.11. The Bertz CT molecular complexity index is 134. The Morgan fingerprint density at radius 1 is 1.50 bits per heavy atom. The first kappa shape index (κ1) is 11.3. The Balaban J connectivity index is 3.95. The molecule has 0 N–H and O–H groups in total. The van der Waals surface area contributed by atoms with Crippen LogP contribution in [0.2, 0.25) is 0 Å². The highest BCUT2D eigenvalue weighted by Gasteiger charge is 2.15. The van der Waals surface area contributed by atoms with Crippen LogP contribution in [0.25, 0.3) is 0 Å². The molecule has 0 radical (unpaired) electrons.